The van der Waals surface area contributed by atoms with E-state index in [0.29, 0.717) is 11.1 Å². The van der Waals surface area contributed by atoms with Crippen LogP contribution >= 0.6 is 0 Å². The molecule has 3 nitrogen and oxygen atoms in total. The second-order valence-corrected chi connectivity index (χ2v) is 3.75. The number of rotatable bonds is 5. The number of amidine groups is 1. The van der Waals surface area contributed by atoms with E-state index in [2.05, 4.69) is 0 Å². The van der Waals surface area contributed by atoms with Gasteiger partial charge in [0.15, 0.2) is 0 Å². The lowest BCUT2D eigenvalue weighted by Crippen LogP contribution is -2.12. The van der Waals surface area contributed by atoms with Crippen molar-refractivity contribution < 1.29 is 9.13 Å². The van der Waals surface area contributed by atoms with Crippen molar-refractivity contribution in [3.63, 3.8) is 0 Å². The number of hydrogen-bond acceptors (Lipinski definition) is 2. The number of hydrogen-bond donors (Lipinski definition) is 2. The first kappa shape index (κ1) is 12.6. The molecule has 1 rings (SSSR count). The van der Waals surface area contributed by atoms with E-state index in [1.807, 2.05) is 13.8 Å². The van der Waals surface area contributed by atoms with Crippen LogP contribution in [-0.4, -0.2) is 11.9 Å². The van der Waals surface area contributed by atoms with Crippen LogP contribution < -0.4 is 5.73 Å². The summed E-state index contributed by atoms with van der Waals surface area (Å²) in [5, 5.41) is 7.18. The Labute approximate surface area is 94.9 Å². The summed E-state index contributed by atoms with van der Waals surface area (Å²) in [6, 6.07) is 4.49. The summed E-state index contributed by atoms with van der Waals surface area (Å²) in [5.74, 6) is -0.510. The number of nitrogen functional groups attached to an aromatic ring is 1. The number of ether oxygens (including phenoxy) is 1. The molecule has 0 saturated heterocycles. The van der Waals surface area contributed by atoms with Gasteiger partial charge in [0.2, 0.25) is 0 Å². The Balaban J connectivity index is 2.72. The van der Waals surface area contributed by atoms with Crippen LogP contribution in [-0.2, 0) is 11.3 Å². The number of benzene rings is 1. The van der Waals surface area contributed by atoms with Crippen molar-refractivity contribution >= 4 is 5.84 Å². The van der Waals surface area contributed by atoms with Crippen LogP contribution in [0.5, 0.6) is 0 Å². The molecule has 3 N–H and O–H groups in total. The summed E-state index contributed by atoms with van der Waals surface area (Å²) < 4.78 is 19.0. The third-order valence-electron chi connectivity index (χ3n) is 2.46. The fourth-order valence-corrected chi connectivity index (χ4v) is 1.18. The van der Waals surface area contributed by atoms with Gasteiger partial charge >= 0.3 is 0 Å². The molecule has 0 aliphatic heterocycles. The molecule has 0 fully saturated rings. The standard InChI is InChI=1S/C12H17FN2O/c1-3-8(2)16-7-10-5-4-9(12(14)15)6-11(10)13/h4-6,8H,3,7H2,1-2H3,(H3,14,15). The average Bonchev–Trinajstić information content (AvgIpc) is 2.26. The van der Waals surface area contributed by atoms with Crippen molar-refractivity contribution in [1.82, 2.24) is 0 Å². The van der Waals surface area contributed by atoms with Gasteiger partial charge in [-0.15, -0.1) is 0 Å². The summed E-state index contributed by atoms with van der Waals surface area (Å²) in [6.45, 7) is 4.21. The lowest BCUT2D eigenvalue weighted by atomic mass is 10.1. The largest absolute Gasteiger partial charge is 0.384 e. The van der Waals surface area contributed by atoms with Crippen LogP contribution in [0.1, 0.15) is 31.4 Å². The summed E-state index contributed by atoms with van der Waals surface area (Å²) in [4.78, 5) is 0. The molecule has 1 aromatic carbocycles. The third kappa shape index (κ3) is 3.31. The van der Waals surface area contributed by atoms with Crippen molar-refractivity contribution in [2.45, 2.75) is 33.0 Å². The van der Waals surface area contributed by atoms with E-state index in [9.17, 15) is 4.39 Å². The fourth-order valence-electron chi connectivity index (χ4n) is 1.18. The summed E-state index contributed by atoms with van der Waals surface area (Å²) in [5.41, 5.74) is 6.15. The van der Waals surface area contributed by atoms with Crippen LogP contribution in [0.2, 0.25) is 0 Å². The highest BCUT2D eigenvalue weighted by Gasteiger charge is 2.07. The number of halogens is 1. The molecule has 0 heterocycles. The minimum absolute atomic E-state index is 0.117. The fraction of sp³-hybridized carbons (Fsp3) is 0.417. The minimum atomic E-state index is -0.379. The normalized spacial score (nSPS) is 12.4. The molecule has 0 radical (unpaired) electrons. The van der Waals surface area contributed by atoms with E-state index < -0.39 is 0 Å². The minimum Gasteiger partial charge on any atom is -0.384 e. The van der Waals surface area contributed by atoms with Crippen LogP contribution in [0.4, 0.5) is 4.39 Å². The molecule has 1 aromatic rings. The van der Waals surface area contributed by atoms with Crippen molar-refractivity contribution in [3.05, 3.63) is 35.1 Å². The summed E-state index contributed by atoms with van der Waals surface area (Å²) >= 11 is 0. The van der Waals surface area contributed by atoms with Crippen LogP contribution in [0.15, 0.2) is 18.2 Å². The molecule has 0 bridgehead atoms. The zero-order chi connectivity index (χ0) is 12.1. The Bertz CT molecular complexity index is 379. The monoisotopic (exact) mass is 224 g/mol. The van der Waals surface area contributed by atoms with Gasteiger partial charge in [0.25, 0.3) is 0 Å². The SMILES string of the molecule is CCC(C)OCc1ccc(C(=N)N)cc1F. The molecule has 0 spiro atoms. The van der Waals surface area contributed by atoms with Gasteiger partial charge in [-0.2, -0.15) is 0 Å². The van der Waals surface area contributed by atoms with Gasteiger partial charge in [0.05, 0.1) is 12.7 Å². The highest BCUT2D eigenvalue weighted by Crippen LogP contribution is 2.12. The van der Waals surface area contributed by atoms with Crippen molar-refractivity contribution in [1.29, 1.82) is 5.41 Å². The van der Waals surface area contributed by atoms with Crippen LogP contribution in [0.3, 0.4) is 0 Å². The maximum atomic E-state index is 13.5. The Morgan fingerprint density at radius 1 is 1.56 bits per heavy atom. The van der Waals surface area contributed by atoms with E-state index in [1.165, 1.54) is 6.07 Å². The molecule has 16 heavy (non-hydrogen) atoms. The number of nitrogens with one attached hydrogen (secondary N) is 1. The molecular formula is C12H17FN2O. The zero-order valence-corrected chi connectivity index (χ0v) is 9.59. The molecule has 88 valence electrons. The zero-order valence-electron chi connectivity index (χ0n) is 9.59. The lowest BCUT2D eigenvalue weighted by molar-refractivity contribution is 0.0492. The summed E-state index contributed by atoms with van der Waals surface area (Å²) in [7, 11) is 0. The first-order valence-electron chi connectivity index (χ1n) is 5.29. The molecule has 0 aliphatic rings. The van der Waals surface area contributed by atoms with Crippen molar-refractivity contribution in [3.8, 4) is 0 Å². The second kappa shape index (κ2) is 5.61. The molecule has 0 aromatic heterocycles. The highest BCUT2D eigenvalue weighted by molar-refractivity contribution is 5.94. The second-order valence-electron chi connectivity index (χ2n) is 3.75. The van der Waals surface area contributed by atoms with Gasteiger partial charge in [-0.3, -0.25) is 5.41 Å². The first-order valence-corrected chi connectivity index (χ1v) is 5.29. The lowest BCUT2D eigenvalue weighted by Gasteiger charge is -2.11. The number of nitrogens with two attached hydrogens (primary N) is 1. The van der Waals surface area contributed by atoms with Crippen LogP contribution in [0, 0.1) is 11.2 Å². The Kier molecular flexibility index (Phi) is 4.43. The average molecular weight is 224 g/mol. The van der Waals surface area contributed by atoms with Gasteiger partial charge < -0.3 is 10.5 Å². The van der Waals surface area contributed by atoms with Crippen molar-refractivity contribution in [2.24, 2.45) is 5.73 Å². The molecular weight excluding hydrogens is 207 g/mol. The first-order chi connectivity index (χ1) is 7.54. The molecule has 4 heteroatoms. The van der Waals surface area contributed by atoms with E-state index in [4.69, 9.17) is 15.9 Å². The predicted octanol–water partition coefficient (Wildman–Crippen LogP) is 2.42. The predicted molar refractivity (Wildman–Crippen MR) is 62.0 cm³/mol. The highest BCUT2D eigenvalue weighted by atomic mass is 19.1. The quantitative estimate of drug-likeness (QED) is 0.596. The molecule has 0 amide bonds. The van der Waals surface area contributed by atoms with E-state index in [0.717, 1.165) is 6.42 Å². The smallest absolute Gasteiger partial charge is 0.129 e. The molecule has 1 atom stereocenters. The van der Waals surface area contributed by atoms with Gasteiger partial charge in [0.1, 0.15) is 11.7 Å². The molecule has 0 saturated carbocycles. The maximum absolute atomic E-state index is 13.5. The van der Waals surface area contributed by atoms with Gasteiger partial charge in [-0.25, -0.2) is 4.39 Å². The Hall–Kier alpha value is -1.42. The van der Waals surface area contributed by atoms with Gasteiger partial charge in [-0.1, -0.05) is 19.1 Å². The third-order valence-corrected chi connectivity index (χ3v) is 2.46. The maximum Gasteiger partial charge on any atom is 0.129 e. The van der Waals surface area contributed by atoms with Gasteiger partial charge in [-0.05, 0) is 19.4 Å². The van der Waals surface area contributed by atoms with Gasteiger partial charge in [0, 0.05) is 11.1 Å². The molecule has 1 unspecified atom stereocenters. The van der Waals surface area contributed by atoms with E-state index in [1.54, 1.807) is 12.1 Å². The van der Waals surface area contributed by atoms with E-state index in [-0.39, 0.29) is 24.4 Å². The Morgan fingerprint density at radius 2 is 2.25 bits per heavy atom. The topological polar surface area (TPSA) is 59.1 Å². The van der Waals surface area contributed by atoms with E-state index >= 15 is 0 Å². The Morgan fingerprint density at radius 3 is 2.75 bits per heavy atom. The summed E-state index contributed by atoms with van der Waals surface area (Å²) in [6.07, 6.45) is 1.01. The van der Waals surface area contributed by atoms with Crippen molar-refractivity contribution in [2.75, 3.05) is 0 Å². The van der Waals surface area contributed by atoms with Crippen LogP contribution in [0.25, 0.3) is 0 Å². The molecule has 0 aliphatic carbocycles.